The van der Waals surface area contributed by atoms with Crippen molar-refractivity contribution < 1.29 is 20.5 Å². The van der Waals surface area contributed by atoms with E-state index in [0.717, 1.165) is 0 Å². The highest BCUT2D eigenvalue weighted by atomic mass is 35.5. The summed E-state index contributed by atoms with van der Waals surface area (Å²) in [5, 5.41) is 0. The van der Waals surface area contributed by atoms with E-state index in [0.29, 0.717) is 0 Å². The summed E-state index contributed by atoms with van der Waals surface area (Å²) >= 11 is 0. The standard InChI is InChI=1S/2C2H5NO.3ClH.2H2O/c2*1-2(3)4;;;;;/h2*1H3,(H2,3,4);3*1H;2*1H2. The summed E-state index contributed by atoms with van der Waals surface area (Å²) < 4.78 is 0. The molecule has 0 aliphatic heterocycles. The topological polar surface area (TPSA) is 149 Å². The van der Waals surface area contributed by atoms with E-state index in [-0.39, 0.29) is 60.0 Å². The fraction of sp³-hybridized carbons (Fsp3) is 0.500. The molecule has 0 rings (SSSR count). The SMILES string of the molecule is CC(N)=O.CC(N)=O.Cl.Cl.Cl.O.O. The summed E-state index contributed by atoms with van der Waals surface area (Å²) in [4.78, 5) is 18.4. The largest absolute Gasteiger partial charge is 0.412 e. The summed E-state index contributed by atoms with van der Waals surface area (Å²) in [6.07, 6.45) is 0. The van der Waals surface area contributed by atoms with Gasteiger partial charge in [0.15, 0.2) is 0 Å². The summed E-state index contributed by atoms with van der Waals surface area (Å²) in [7, 11) is 0. The number of hydrogen-bond donors (Lipinski definition) is 2. The lowest BCUT2D eigenvalue weighted by Crippen LogP contribution is -2.01. The van der Waals surface area contributed by atoms with Crippen molar-refractivity contribution in [1.82, 2.24) is 0 Å². The molecule has 9 heteroatoms. The third-order valence-electron chi connectivity index (χ3n) is 0. The van der Waals surface area contributed by atoms with Crippen LogP contribution in [0.15, 0.2) is 0 Å². The predicted molar refractivity (Wildman–Crippen MR) is 58.7 cm³/mol. The molecular formula is C4H17Cl3N2O4. The quantitative estimate of drug-likeness (QED) is 0.553. The Bertz CT molecular complexity index is 83.4. The number of primary amides is 2. The fourth-order valence-electron chi connectivity index (χ4n) is 0. The zero-order chi connectivity index (χ0) is 7.15. The van der Waals surface area contributed by atoms with E-state index in [2.05, 4.69) is 11.5 Å². The molecule has 0 aromatic carbocycles. The van der Waals surface area contributed by atoms with Crippen LogP contribution in [0.3, 0.4) is 0 Å². The molecule has 0 radical (unpaired) electrons. The average molecular weight is 264 g/mol. The van der Waals surface area contributed by atoms with Crippen LogP contribution in [0.2, 0.25) is 0 Å². The second kappa shape index (κ2) is 41.1. The highest BCUT2D eigenvalue weighted by Crippen LogP contribution is 1.33. The molecule has 0 bridgehead atoms. The average Bonchev–Trinajstić information content (AvgIpc) is 1.25. The lowest BCUT2D eigenvalue weighted by Gasteiger charge is -1.60. The summed E-state index contributed by atoms with van der Waals surface area (Å²) in [6, 6.07) is 0. The van der Waals surface area contributed by atoms with Crippen LogP contribution in [-0.2, 0) is 9.59 Å². The molecule has 0 unspecified atom stereocenters. The maximum atomic E-state index is 9.22. The zero-order valence-electron chi connectivity index (χ0n) is 7.20. The van der Waals surface area contributed by atoms with Gasteiger partial charge in [0.25, 0.3) is 0 Å². The molecule has 2 amide bonds. The minimum Gasteiger partial charge on any atom is -0.412 e. The van der Waals surface area contributed by atoms with E-state index in [1.54, 1.807) is 0 Å². The van der Waals surface area contributed by atoms with Crippen LogP contribution in [0.25, 0.3) is 0 Å². The van der Waals surface area contributed by atoms with E-state index in [1.807, 2.05) is 0 Å². The van der Waals surface area contributed by atoms with Crippen molar-refractivity contribution in [2.45, 2.75) is 13.8 Å². The highest BCUT2D eigenvalue weighted by Gasteiger charge is 1.61. The Morgan fingerprint density at radius 2 is 0.769 bits per heavy atom. The van der Waals surface area contributed by atoms with Crippen LogP contribution in [0, 0.1) is 0 Å². The van der Waals surface area contributed by atoms with Crippen LogP contribution in [0.1, 0.15) is 13.8 Å². The van der Waals surface area contributed by atoms with Gasteiger partial charge >= 0.3 is 0 Å². The van der Waals surface area contributed by atoms with E-state index in [4.69, 9.17) is 0 Å². The molecular weight excluding hydrogens is 246 g/mol. The van der Waals surface area contributed by atoms with E-state index in [1.165, 1.54) is 13.8 Å². The predicted octanol–water partition coefficient (Wildman–Crippen LogP) is -1.40. The highest BCUT2D eigenvalue weighted by molar-refractivity contribution is 5.86. The van der Waals surface area contributed by atoms with E-state index in [9.17, 15) is 9.59 Å². The summed E-state index contributed by atoms with van der Waals surface area (Å²) in [5.74, 6) is -0.667. The number of hydrogen-bond acceptors (Lipinski definition) is 2. The molecule has 0 aliphatic rings. The van der Waals surface area contributed by atoms with Gasteiger partial charge in [-0.3, -0.25) is 9.59 Å². The van der Waals surface area contributed by atoms with Crippen molar-refractivity contribution in [3.63, 3.8) is 0 Å². The first kappa shape index (κ1) is 53.3. The van der Waals surface area contributed by atoms with Crippen LogP contribution in [0.4, 0.5) is 0 Å². The Labute approximate surface area is 95.3 Å². The maximum Gasteiger partial charge on any atom is 0.214 e. The Balaban J connectivity index is -0.00000000800. The molecule has 0 heterocycles. The second-order valence-corrected chi connectivity index (χ2v) is 1.22. The minimum absolute atomic E-state index is 0. The third-order valence-corrected chi connectivity index (χ3v) is 0. The van der Waals surface area contributed by atoms with Gasteiger partial charge in [0.2, 0.25) is 11.8 Å². The first-order chi connectivity index (χ1) is 3.46. The summed E-state index contributed by atoms with van der Waals surface area (Å²) in [5.41, 5.74) is 8.94. The molecule has 0 saturated heterocycles. The lowest BCUT2D eigenvalue weighted by molar-refractivity contribution is -0.116. The van der Waals surface area contributed by atoms with Crippen LogP contribution in [0.5, 0.6) is 0 Å². The van der Waals surface area contributed by atoms with Crippen LogP contribution in [-0.4, -0.2) is 22.8 Å². The Kier molecular flexibility index (Phi) is 169. The smallest absolute Gasteiger partial charge is 0.214 e. The molecule has 0 spiro atoms. The Morgan fingerprint density at radius 1 is 0.769 bits per heavy atom. The van der Waals surface area contributed by atoms with Crippen molar-refractivity contribution in [3.05, 3.63) is 0 Å². The maximum absolute atomic E-state index is 9.22. The van der Waals surface area contributed by atoms with Crippen molar-refractivity contribution in [1.29, 1.82) is 0 Å². The fourth-order valence-corrected chi connectivity index (χ4v) is 0. The molecule has 0 aliphatic carbocycles. The van der Waals surface area contributed by atoms with Gasteiger partial charge in [-0.2, -0.15) is 0 Å². The molecule has 13 heavy (non-hydrogen) atoms. The van der Waals surface area contributed by atoms with Gasteiger partial charge in [0.05, 0.1) is 0 Å². The van der Waals surface area contributed by atoms with Gasteiger partial charge in [-0.1, -0.05) is 0 Å². The van der Waals surface area contributed by atoms with E-state index >= 15 is 0 Å². The zero-order valence-corrected chi connectivity index (χ0v) is 9.65. The monoisotopic (exact) mass is 262 g/mol. The molecule has 6 nitrogen and oxygen atoms in total. The number of carbonyl (C=O) groups excluding carboxylic acids is 2. The van der Waals surface area contributed by atoms with Gasteiger partial charge in [-0.25, -0.2) is 0 Å². The number of carbonyl (C=O) groups is 2. The second-order valence-electron chi connectivity index (χ2n) is 1.22. The van der Waals surface area contributed by atoms with Crippen molar-refractivity contribution >= 4 is 49.0 Å². The van der Waals surface area contributed by atoms with Crippen molar-refractivity contribution in [2.75, 3.05) is 0 Å². The molecule has 0 fully saturated rings. The number of nitrogens with two attached hydrogens (primary N) is 2. The number of halogens is 3. The van der Waals surface area contributed by atoms with Crippen molar-refractivity contribution in [2.24, 2.45) is 11.5 Å². The Hall–Kier alpha value is -0.270. The molecule has 8 N–H and O–H groups in total. The first-order valence-electron chi connectivity index (χ1n) is 1.99. The number of rotatable bonds is 0. The number of amides is 2. The molecule has 88 valence electrons. The lowest BCUT2D eigenvalue weighted by atomic mass is 10.8. The molecule has 0 saturated carbocycles. The van der Waals surface area contributed by atoms with E-state index < -0.39 is 0 Å². The normalized spacial score (nSPS) is 3.85. The van der Waals surface area contributed by atoms with Crippen LogP contribution < -0.4 is 11.5 Å². The Morgan fingerprint density at radius 3 is 0.769 bits per heavy atom. The molecule has 0 aromatic heterocycles. The van der Waals surface area contributed by atoms with Crippen molar-refractivity contribution in [3.8, 4) is 0 Å². The van der Waals surface area contributed by atoms with Crippen LogP contribution >= 0.6 is 37.2 Å². The first-order valence-corrected chi connectivity index (χ1v) is 1.99. The molecule has 0 atom stereocenters. The summed E-state index contributed by atoms with van der Waals surface area (Å²) in [6.45, 7) is 2.61. The van der Waals surface area contributed by atoms with Gasteiger partial charge in [-0.15, -0.1) is 37.2 Å². The van der Waals surface area contributed by atoms with Gasteiger partial charge < -0.3 is 22.4 Å². The van der Waals surface area contributed by atoms with Gasteiger partial charge in [-0.05, 0) is 0 Å². The third kappa shape index (κ3) is 15200. The van der Waals surface area contributed by atoms with Gasteiger partial charge in [0.1, 0.15) is 0 Å². The minimum atomic E-state index is -0.333. The molecule has 0 aromatic rings. The van der Waals surface area contributed by atoms with Gasteiger partial charge in [0, 0.05) is 13.8 Å².